The molecule has 0 N–H and O–H groups in total. The lowest BCUT2D eigenvalue weighted by molar-refractivity contribution is 0.0724. The van der Waals surface area contributed by atoms with E-state index in [0.29, 0.717) is 12.6 Å². The smallest absolute Gasteiger partial charge is 0.254 e. The van der Waals surface area contributed by atoms with E-state index in [4.69, 9.17) is 0 Å². The van der Waals surface area contributed by atoms with Gasteiger partial charge in [-0.1, -0.05) is 0 Å². The van der Waals surface area contributed by atoms with Crippen molar-refractivity contribution < 1.29 is 4.79 Å². The molecule has 1 heterocycles. The third kappa shape index (κ3) is 3.45. The summed E-state index contributed by atoms with van der Waals surface area (Å²) in [5.74, 6) is 1.03. The van der Waals surface area contributed by atoms with Crippen molar-refractivity contribution in [1.29, 1.82) is 0 Å². The lowest BCUT2D eigenvalue weighted by Crippen LogP contribution is -2.33. The number of benzene rings is 1. The Kier molecular flexibility index (Phi) is 4.88. The lowest BCUT2D eigenvalue weighted by Gasteiger charge is -2.24. The van der Waals surface area contributed by atoms with E-state index in [9.17, 15) is 4.79 Å². The summed E-state index contributed by atoms with van der Waals surface area (Å²) in [5, 5.41) is 0. The van der Waals surface area contributed by atoms with Gasteiger partial charge >= 0.3 is 0 Å². The predicted molar refractivity (Wildman–Crippen MR) is 96.1 cm³/mol. The van der Waals surface area contributed by atoms with Crippen molar-refractivity contribution >= 4 is 11.6 Å². The highest BCUT2D eigenvalue weighted by atomic mass is 16.2. The molecule has 0 aliphatic heterocycles. The van der Waals surface area contributed by atoms with Crippen LogP contribution in [0.4, 0.5) is 5.69 Å². The van der Waals surface area contributed by atoms with Gasteiger partial charge in [0.1, 0.15) is 5.82 Å². The van der Waals surface area contributed by atoms with E-state index < -0.39 is 0 Å². The van der Waals surface area contributed by atoms with Gasteiger partial charge in [-0.2, -0.15) is 0 Å². The molecule has 1 aromatic carbocycles. The number of rotatable bonds is 7. The van der Waals surface area contributed by atoms with Crippen molar-refractivity contribution in [3.05, 3.63) is 48.0 Å². The van der Waals surface area contributed by atoms with Crippen molar-refractivity contribution in [2.24, 2.45) is 7.05 Å². The Balaban J connectivity index is 1.76. The number of nitrogens with zero attached hydrogens (tertiary/aromatic N) is 4. The predicted octanol–water partition coefficient (Wildman–Crippen LogP) is 3.07. The fourth-order valence-electron chi connectivity index (χ4n) is 3.02. The molecular formula is C19H26N4O. The van der Waals surface area contributed by atoms with E-state index in [1.165, 1.54) is 5.69 Å². The molecule has 0 saturated heterocycles. The molecule has 1 fully saturated rings. The Hall–Kier alpha value is -2.30. The fourth-order valence-corrected chi connectivity index (χ4v) is 3.02. The molecule has 0 bridgehead atoms. The monoisotopic (exact) mass is 326 g/mol. The molecule has 1 saturated carbocycles. The Morgan fingerprint density at radius 1 is 1.21 bits per heavy atom. The van der Waals surface area contributed by atoms with Gasteiger partial charge in [0.25, 0.3) is 5.91 Å². The summed E-state index contributed by atoms with van der Waals surface area (Å²) in [4.78, 5) is 21.6. The quantitative estimate of drug-likeness (QED) is 0.785. The normalized spacial score (nSPS) is 13.8. The van der Waals surface area contributed by atoms with Gasteiger partial charge < -0.3 is 14.4 Å². The van der Waals surface area contributed by atoms with Crippen LogP contribution in [0.1, 0.15) is 42.9 Å². The van der Waals surface area contributed by atoms with Crippen LogP contribution in [-0.2, 0) is 13.6 Å². The SMILES string of the molecule is CCN(CC)c1ccc(C(=O)N(Cc2nccn2C)C2CC2)cc1. The number of imidazole rings is 1. The van der Waals surface area contributed by atoms with Crippen molar-refractivity contribution in [2.45, 2.75) is 39.3 Å². The second kappa shape index (κ2) is 7.07. The Morgan fingerprint density at radius 3 is 2.38 bits per heavy atom. The van der Waals surface area contributed by atoms with E-state index >= 15 is 0 Å². The molecule has 1 amide bonds. The topological polar surface area (TPSA) is 41.4 Å². The second-order valence-electron chi connectivity index (χ2n) is 6.34. The maximum Gasteiger partial charge on any atom is 0.254 e. The van der Waals surface area contributed by atoms with Crippen LogP contribution < -0.4 is 4.90 Å². The third-order valence-corrected chi connectivity index (χ3v) is 4.72. The fraction of sp³-hybridized carbons (Fsp3) is 0.474. The summed E-state index contributed by atoms with van der Waals surface area (Å²) in [6.45, 7) is 6.80. The molecule has 2 aromatic rings. The number of hydrogen-bond acceptors (Lipinski definition) is 3. The van der Waals surface area contributed by atoms with Crippen LogP contribution in [0.15, 0.2) is 36.7 Å². The maximum absolute atomic E-state index is 13.0. The first-order chi connectivity index (χ1) is 11.6. The summed E-state index contributed by atoms with van der Waals surface area (Å²) in [6, 6.07) is 8.35. The zero-order chi connectivity index (χ0) is 17.1. The molecule has 1 aliphatic rings. The maximum atomic E-state index is 13.0. The van der Waals surface area contributed by atoms with Crippen LogP contribution in [0.2, 0.25) is 0 Å². The van der Waals surface area contributed by atoms with Gasteiger partial charge in [0.15, 0.2) is 0 Å². The average molecular weight is 326 g/mol. The van der Waals surface area contributed by atoms with E-state index in [0.717, 1.165) is 37.3 Å². The highest BCUT2D eigenvalue weighted by molar-refractivity contribution is 5.95. The van der Waals surface area contributed by atoms with Gasteiger partial charge in [-0.3, -0.25) is 4.79 Å². The van der Waals surface area contributed by atoms with Crippen LogP contribution in [0, 0.1) is 0 Å². The van der Waals surface area contributed by atoms with E-state index in [1.807, 2.05) is 47.0 Å². The molecule has 3 rings (SSSR count). The zero-order valence-electron chi connectivity index (χ0n) is 14.8. The number of carbonyl (C=O) groups is 1. The first kappa shape index (κ1) is 16.6. The first-order valence-electron chi connectivity index (χ1n) is 8.76. The van der Waals surface area contributed by atoms with Crippen LogP contribution in [-0.4, -0.2) is 39.5 Å². The van der Waals surface area contributed by atoms with Crippen molar-refractivity contribution in [3.63, 3.8) is 0 Å². The van der Waals surface area contributed by atoms with Gasteiger partial charge in [0.2, 0.25) is 0 Å². The number of amides is 1. The molecule has 5 heteroatoms. The Bertz CT molecular complexity index is 684. The standard InChI is InChI=1S/C19H26N4O/c1-4-22(5-2)16-8-6-15(7-9-16)19(24)23(17-10-11-17)14-18-20-12-13-21(18)3/h6-9,12-13,17H,4-5,10-11,14H2,1-3H3. The minimum absolute atomic E-state index is 0.103. The molecule has 0 spiro atoms. The Labute approximate surface area is 143 Å². The number of carbonyl (C=O) groups excluding carboxylic acids is 1. The minimum Gasteiger partial charge on any atom is -0.372 e. The van der Waals surface area contributed by atoms with E-state index in [-0.39, 0.29) is 5.91 Å². The lowest BCUT2D eigenvalue weighted by atomic mass is 10.1. The summed E-state index contributed by atoms with van der Waals surface area (Å²) in [5.41, 5.74) is 1.92. The molecule has 24 heavy (non-hydrogen) atoms. The van der Waals surface area contributed by atoms with E-state index in [2.05, 4.69) is 23.7 Å². The van der Waals surface area contributed by atoms with E-state index in [1.54, 1.807) is 6.20 Å². The van der Waals surface area contributed by atoms with Crippen LogP contribution in [0.3, 0.4) is 0 Å². The number of aryl methyl sites for hydroxylation is 1. The average Bonchev–Trinajstić information content (AvgIpc) is 3.37. The number of aromatic nitrogens is 2. The second-order valence-corrected chi connectivity index (χ2v) is 6.34. The number of anilines is 1. The number of hydrogen-bond donors (Lipinski definition) is 0. The summed E-state index contributed by atoms with van der Waals surface area (Å²) in [6.07, 6.45) is 5.88. The summed E-state index contributed by atoms with van der Waals surface area (Å²) < 4.78 is 1.98. The first-order valence-corrected chi connectivity index (χ1v) is 8.76. The van der Waals surface area contributed by atoms with Gasteiger partial charge in [-0.15, -0.1) is 0 Å². The zero-order valence-corrected chi connectivity index (χ0v) is 14.8. The molecule has 5 nitrogen and oxygen atoms in total. The van der Waals surface area contributed by atoms with Crippen LogP contribution in [0.25, 0.3) is 0 Å². The summed E-state index contributed by atoms with van der Waals surface area (Å²) >= 11 is 0. The highest BCUT2D eigenvalue weighted by Crippen LogP contribution is 2.30. The molecule has 1 aromatic heterocycles. The van der Waals surface area contributed by atoms with Gasteiger partial charge in [0, 0.05) is 49.8 Å². The van der Waals surface area contributed by atoms with Crippen molar-refractivity contribution in [3.8, 4) is 0 Å². The largest absolute Gasteiger partial charge is 0.372 e. The van der Waals surface area contributed by atoms with Crippen LogP contribution >= 0.6 is 0 Å². The molecular weight excluding hydrogens is 300 g/mol. The minimum atomic E-state index is 0.103. The van der Waals surface area contributed by atoms with Crippen molar-refractivity contribution in [1.82, 2.24) is 14.5 Å². The third-order valence-electron chi connectivity index (χ3n) is 4.72. The molecule has 1 aliphatic carbocycles. The molecule has 128 valence electrons. The van der Waals surface area contributed by atoms with Gasteiger partial charge in [-0.25, -0.2) is 4.98 Å². The highest BCUT2D eigenvalue weighted by Gasteiger charge is 2.33. The summed E-state index contributed by atoms with van der Waals surface area (Å²) in [7, 11) is 1.97. The van der Waals surface area contributed by atoms with Crippen molar-refractivity contribution in [2.75, 3.05) is 18.0 Å². The Morgan fingerprint density at radius 2 is 1.88 bits per heavy atom. The van der Waals surface area contributed by atoms with Gasteiger partial charge in [0.05, 0.1) is 6.54 Å². The molecule has 0 atom stereocenters. The van der Waals surface area contributed by atoms with Crippen LogP contribution in [0.5, 0.6) is 0 Å². The van der Waals surface area contributed by atoms with Gasteiger partial charge in [-0.05, 0) is 51.0 Å². The molecule has 0 unspecified atom stereocenters. The molecule has 0 radical (unpaired) electrons.